The van der Waals surface area contributed by atoms with Crippen LogP contribution in [0.1, 0.15) is 25.1 Å². The Hall–Kier alpha value is -0.0900. The first-order chi connectivity index (χ1) is 7.55. The van der Waals surface area contributed by atoms with Crippen LogP contribution >= 0.6 is 22.9 Å². The molecule has 1 aromatic heterocycles. The Balaban J connectivity index is 2.75. The van der Waals surface area contributed by atoms with Gasteiger partial charge in [-0.3, -0.25) is 0 Å². The van der Waals surface area contributed by atoms with E-state index in [1.54, 1.807) is 18.4 Å². The third-order valence-electron chi connectivity index (χ3n) is 3.29. The van der Waals surface area contributed by atoms with Crippen molar-refractivity contribution in [1.82, 2.24) is 5.32 Å². The van der Waals surface area contributed by atoms with E-state index in [9.17, 15) is 0 Å². The molecule has 0 aliphatic rings. The van der Waals surface area contributed by atoms with Crippen molar-refractivity contribution < 1.29 is 4.74 Å². The molecule has 2 nitrogen and oxygen atoms in total. The first-order valence-electron chi connectivity index (χ1n) is 5.52. The van der Waals surface area contributed by atoms with Crippen molar-refractivity contribution in [2.24, 2.45) is 0 Å². The van der Waals surface area contributed by atoms with Gasteiger partial charge in [0.25, 0.3) is 0 Å². The number of likely N-dealkylation sites (N-methyl/N-ethyl adjacent to an activating group) is 1. The van der Waals surface area contributed by atoms with Crippen molar-refractivity contribution in [3.63, 3.8) is 0 Å². The molecular weight excluding hydrogens is 242 g/mol. The summed E-state index contributed by atoms with van der Waals surface area (Å²) in [6, 6.07) is 4.34. The van der Waals surface area contributed by atoms with Crippen LogP contribution in [0.2, 0.25) is 4.34 Å². The average Bonchev–Trinajstić information content (AvgIpc) is 2.70. The molecule has 0 saturated carbocycles. The molecule has 1 aromatic rings. The van der Waals surface area contributed by atoms with E-state index in [2.05, 4.69) is 25.2 Å². The van der Waals surface area contributed by atoms with Crippen molar-refractivity contribution in [3.8, 4) is 0 Å². The predicted molar refractivity (Wildman–Crippen MR) is 71.6 cm³/mol. The van der Waals surface area contributed by atoms with Gasteiger partial charge in [0.1, 0.15) is 0 Å². The highest BCUT2D eigenvalue weighted by Crippen LogP contribution is 2.27. The van der Waals surface area contributed by atoms with Crippen LogP contribution in [0.25, 0.3) is 0 Å². The first-order valence-corrected chi connectivity index (χ1v) is 6.71. The van der Waals surface area contributed by atoms with Gasteiger partial charge in [0.05, 0.1) is 9.94 Å². The lowest BCUT2D eigenvalue weighted by Crippen LogP contribution is -2.49. The van der Waals surface area contributed by atoms with E-state index < -0.39 is 0 Å². The summed E-state index contributed by atoms with van der Waals surface area (Å²) in [5.41, 5.74) is -0.134. The van der Waals surface area contributed by atoms with Crippen LogP contribution in [-0.4, -0.2) is 25.8 Å². The van der Waals surface area contributed by atoms with Gasteiger partial charge in [-0.25, -0.2) is 0 Å². The number of halogens is 1. The quantitative estimate of drug-likeness (QED) is 0.848. The minimum Gasteiger partial charge on any atom is -0.377 e. The zero-order valence-electron chi connectivity index (χ0n) is 10.3. The fourth-order valence-corrected chi connectivity index (χ4v) is 2.95. The average molecular weight is 262 g/mol. The van der Waals surface area contributed by atoms with Gasteiger partial charge in [0, 0.05) is 18.0 Å². The molecule has 1 heterocycles. The molecular formula is C12H20ClNOS. The summed E-state index contributed by atoms with van der Waals surface area (Å²) in [4.78, 5) is 1.29. The number of hydrogen-bond donors (Lipinski definition) is 1. The molecule has 0 bridgehead atoms. The summed E-state index contributed by atoms with van der Waals surface area (Å²) >= 11 is 7.57. The lowest BCUT2D eigenvalue weighted by Gasteiger charge is -2.35. The predicted octanol–water partition coefficient (Wildman–Crippen LogP) is 3.35. The zero-order valence-corrected chi connectivity index (χ0v) is 11.9. The largest absolute Gasteiger partial charge is 0.377 e. The standard InChI is InChI=1S/C12H20ClNOS/c1-5-12(2,15-4)10(14-3)8-9-6-7-11(13)16-9/h6-7,10,14H,5,8H2,1-4H3. The third kappa shape index (κ3) is 3.20. The SMILES string of the molecule is CCC(C)(OC)C(Cc1ccc(Cl)s1)NC. The minimum absolute atomic E-state index is 0.134. The van der Waals surface area contributed by atoms with Crippen LogP contribution in [0.3, 0.4) is 0 Å². The van der Waals surface area contributed by atoms with Crippen molar-refractivity contribution >= 4 is 22.9 Å². The summed E-state index contributed by atoms with van der Waals surface area (Å²) in [6.07, 6.45) is 1.93. The third-order valence-corrected chi connectivity index (χ3v) is 4.54. The Bertz CT molecular complexity index is 323. The van der Waals surface area contributed by atoms with Crippen molar-refractivity contribution in [3.05, 3.63) is 21.3 Å². The summed E-state index contributed by atoms with van der Waals surface area (Å²) in [5, 5.41) is 3.34. The first kappa shape index (κ1) is 14.0. The molecule has 0 spiro atoms. The highest BCUT2D eigenvalue weighted by molar-refractivity contribution is 7.16. The molecule has 0 amide bonds. The van der Waals surface area contributed by atoms with E-state index >= 15 is 0 Å². The smallest absolute Gasteiger partial charge is 0.0931 e. The van der Waals surface area contributed by atoms with E-state index in [-0.39, 0.29) is 5.60 Å². The van der Waals surface area contributed by atoms with Gasteiger partial charge in [-0.2, -0.15) is 0 Å². The Morgan fingerprint density at radius 2 is 2.25 bits per heavy atom. The molecule has 4 heteroatoms. The van der Waals surface area contributed by atoms with Gasteiger partial charge in [-0.15, -0.1) is 11.3 Å². The molecule has 1 N–H and O–H groups in total. The topological polar surface area (TPSA) is 21.3 Å². The van der Waals surface area contributed by atoms with E-state index in [0.717, 1.165) is 17.2 Å². The van der Waals surface area contributed by atoms with Gasteiger partial charge < -0.3 is 10.1 Å². The van der Waals surface area contributed by atoms with Crippen molar-refractivity contribution in [1.29, 1.82) is 0 Å². The Kier molecular flexibility index (Phi) is 5.25. The van der Waals surface area contributed by atoms with Gasteiger partial charge >= 0.3 is 0 Å². The monoisotopic (exact) mass is 261 g/mol. The highest BCUT2D eigenvalue weighted by atomic mass is 35.5. The second kappa shape index (κ2) is 6.01. The zero-order chi connectivity index (χ0) is 12.2. The van der Waals surface area contributed by atoms with E-state index in [1.165, 1.54) is 4.88 Å². The molecule has 0 radical (unpaired) electrons. The van der Waals surface area contributed by atoms with E-state index in [0.29, 0.717) is 6.04 Å². The molecule has 0 aliphatic heterocycles. The van der Waals surface area contributed by atoms with Crippen LogP contribution in [-0.2, 0) is 11.2 Å². The van der Waals surface area contributed by atoms with Crippen LogP contribution in [0.5, 0.6) is 0 Å². The lowest BCUT2D eigenvalue weighted by atomic mass is 9.90. The molecule has 0 fully saturated rings. The van der Waals surface area contributed by atoms with E-state index in [1.807, 2.05) is 13.1 Å². The maximum atomic E-state index is 5.94. The van der Waals surface area contributed by atoms with Crippen molar-refractivity contribution in [2.75, 3.05) is 14.2 Å². The molecule has 2 atom stereocenters. The Morgan fingerprint density at radius 1 is 1.56 bits per heavy atom. The molecule has 0 aromatic carbocycles. The highest BCUT2D eigenvalue weighted by Gasteiger charge is 2.31. The summed E-state index contributed by atoms with van der Waals surface area (Å²) in [5.74, 6) is 0. The van der Waals surface area contributed by atoms with E-state index in [4.69, 9.17) is 16.3 Å². The number of ether oxygens (including phenoxy) is 1. The Labute approximate surface area is 107 Å². The summed E-state index contributed by atoms with van der Waals surface area (Å²) in [7, 11) is 3.75. The normalized spacial score (nSPS) is 17.1. The second-order valence-corrected chi connectivity index (χ2v) is 5.92. The van der Waals surface area contributed by atoms with Crippen LogP contribution < -0.4 is 5.32 Å². The second-order valence-electron chi connectivity index (χ2n) is 4.12. The number of rotatable bonds is 6. The molecule has 16 heavy (non-hydrogen) atoms. The molecule has 2 unspecified atom stereocenters. The van der Waals surface area contributed by atoms with Crippen LogP contribution in [0.15, 0.2) is 12.1 Å². The maximum absolute atomic E-state index is 5.94. The summed E-state index contributed by atoms with van der Waals surface area (Å²) < 4.78 is 6.48. The van der Waals surface area contributed by atoms with Crippen LogP contribution in [0, 0.1) is 0 Å². The van der Waals surface area contributed by atoms with Gasteiger partial charge in [-0.05, 0) is 38.9 Å². The number of nitrogens with one attached hydrogen (secondary N) is 1. The fourth-order valence-electron chi connectivity index (χ4n) is 1.82. The van der Waals surface area contributed by atoms with Crippen molar-refractivity contribution in [2.45, 2.75) is 38.3 Å². The molecule has 1 rings (SSSR count). The van der Waals surface area contributed by atoms with Gasteiger partial charge in [0.2, 0.25) is 0 Å². The number of methoxy groups -OCH3 is 1. The van der Waals surface area contributed by atoms with Crippen LogP contribution in [0.4, 0.5) is 0 Å². The minimum atomic E-state index is -0.134. The summed E-state index contributed by atoms with van der Waals surface area (Å²) in [6.45, 7) is 4.29. The fraction of sp³-hybridized carbons (Fsp3) is 0.667. The lowest BCUT2D eigenvalue weighted by molar-refractivity contribution is -0.0266. The molecule has 0 saturated heterocycles. The molecule has 92 valence electrons. The molecule has 0 aliphatic carbocycles. The Morgan fingerprint density at radius 3 is 2.62 bits per heavy atom. The van der Waals surface area contributed by atoms with Gasteiger partial charge in [-0.1, -0.05) is 18.5 Å². The maximum Gasteiger partial charge on any atom is 0.0931 e. The van der Waals surface area contributed by atoms with Gasteiger partial charge in [0.15, 0.2) is 0 Å². The number of hydrogen-bond acceptors (Lipinski definition) is 3. The number of thiophene rings is 1.